The summed E-state index contributed by atoms with van der Waals surface area (Å²) in [4.78, 5) is 42.8. The second-order valence-electron chi connectivity index (χ2n) is 11.5. The van der Waals surface area contributed by atoms with Gasteiger partial charge in [0.2, 0.25) is 11.8 Å². The zero-order chi connectivity index (χ0) is 28.6. The number of fused-ring (bicyclic) bond motifs is 2. The van der Waals surface area contributed by atoms with E-state index >= 15 is 0 Å². The van der Waals surface area contributed by atoms with Crippen molar-refractivity contribution in [3.8, 4) is 0 Å². The van der Waals surface area contributed by atoms with Gasteiger partial charge in [-0.25, -0.2) is 0 Å². The van der Waals surface area contributed by atoms with Crippen LogP contribution >= 0.6 is 0 Å². The molecule has 6 heteroatoms. The van der Waals surface area contributed by atoms with Crippen LogP contribution in [0.2, 0.25) is 0 Å². The smallest absolute Gasteiger partial charge is 0.257 e. The number of rotatable bonds is 11. The third-order valence-corrected chi connectivity index (χ3v) is 7.08. The molecule has 6 nitrogen and oxygen atoms in total. The van der Waals surface area contributed by atoms with E-state index in [4.69, 9.17) is 0 Å². The number of hydrogen-bond acceptors (Lipinski definition) is 3. The van der Waals surface area contributed by atoms with Crippen molar-refractivity contribution in [3.05, 3.63) is 89.5 Å². The van der Waals surface area contributed by atoms with Gasteiger partial charge >= 0.3 is 0 Å². The molecule has 1 N–H and O–H groups in total. The van der Waals surface area contributed by atoms with Crippen LogP contribution in [0, 0.1) is 11.8 Å². The first kappa shape index (κ1) is 29.1. The van der Waals surface area contributed by atoms with E-state index in [-0.39, 0.29) is 24.1 Å². The minimum atomic E-state index is -0.223. The Morgan fingerprint density at radius 1 is 0.800 bits per heavy atom. The van der Waals surface area contributed by atoms with Gasteiger partial charge in [0.15, 0.2) is 0 Å². The fraction of sp³-hybridized carbons (Fsp3) is 0.382. The van der Waals surface area contributed by atoms with Crippen molar-refractivity contribution >= 4 is 34.8 Å². The van der Waals surface area contributed by atoms with E-state index in [9.17, 15) is 14.4 Å². The van der Waals surface area contributed by atoms with Crippen LogP contribution in [-0.2, 0) is 22.4 Å². The molecule has 0 saturated carbocycles. The molecule has 0 saturated heterocycles. The zero-order valence-electron chi connectivity index (χ0n) is 24.2. The Balaban J connectivity index is 1.38. The third kappa shape index (κ3) is 7.38. The zero-order valence-corrected chi connectivity index (χ0v) is 24.2. The van der Waals surface area contributed by atoms with Crippen molar-refractivity contribution in [2.24, 2.45) is 11.8 Å². The number of hydrogen-bond donors (Lipinski definition) is 1. The maximum atomic E-state index is 13.7. The van der Waals surface area contributed by atoms with Gasteiger partial charge in [0.05, 0.1) is 29.0 Å². The number of unbranched alkanes of at least 4 members (excludes halogenated alkanes) is 1. The molecule has 0 radical (unpaired) electrons. The molecule has 0 atom stereocenters. The molecule has 0 aliphatic carbocycles. The second kappa shape index (κ2) is 13.4. The van der Waals surface area contributed by atoms with Crippen LogP contribution in [0.5, 0.6) is 0 Å². The third-order valence-electron chi connectivity index (χ3n) is 7.08. The van der Waals surface area contributed by atoms with Gasteiger partial charge in [-0.3, -0.25) is 19.3 Å². The molecule has 40 heavy (non-hydrogen) atoms. The molecule has 1 heterocycles. The summed E-state index contributed by atoms with van der Waals surface area (Å²) in [6, 6.07) is 22.8. The lowest BCUT2D eigenvalue weighted by molar-refractivity contribution is -0.132. The Labute approximate surface area is 238 Å². The van der Waals surface area contributed by atoms with Gasteiger partial charge in [-0.1, -0.05) is 76.2 Å². The van der Waals surface area contributed by atoms with Crippen molar-refractivity contribution in [3.63, 3.8) is 0 Å². The molecule has 0 unspecified atom stereocenters. The quantitative estimate of drug-likeness (QED) is 0.266. The lowest BCUT2D eigenvalue weighted by Gasteiger charge is -2.25. The Bertz CT molecular complexity index is 1330. The number of carbonyl (C=O) groups excluding carboxylic acids is 3. The van der Waals surface area contributed by atoms with E-state index in [1.165, 1.54) is 5.56 Å². The van der Waals surface area contributed by atoms with E-state index in [1.807, 2.05) is 53.4 Å². The summed E-state index contributed by atoms with van der Waals surface area (Å²) in [6.07, 6.45) is 3.73. The summed E-state index contributed by atoms with van der Waals surface area (Å²) >= 11 is 0. The molecule has 3 amide bonds. The molecular formula is C34H41N3O3. The minimum absolute atomic E-state index is 0.0968. The van der Waals surface area contributed by atoms with Gasteiger partial charge in [0.25, 0.3) is 5.91 Å². The molecule has 1 aliphatic heterocycles. The lowest BCUT2D eigenvalue weighted by Crippen LogP contribution is -2.35. The first-order valence-corrected chi connectivity index (χ1v) is 14.4. The SMILES string of the molecule is CC(C)CC(=O)N(CCCCc1ccc(CC(=O)N2c3ccccc3NC(=O)c3ccccc32)cc1)CC(C)C. The molecule has 0 bridgehead atoms. The molecule has 3 aromatic carbocycles. The topological polar surface area (TPSA) is 69.7 Å². The summed E-state index contributed by atoms with van der Waals surface area (Å²) in [6.45, 7) is 10.1. The van der Waals surface area contributed by atoms with E-state index in [0.717, 1.165) is 37.9 Å². The lowest BCUT2D eigenvalue weighted by atomic mass is 10.0. The Hall–Kier alpha value is -3.93. The van der Waals surface area contributed by atoms with E-state index in [0.29, 0.717) is 40.9 Å². The van der Waals surface area contributed by atoms with Gasteiger partial charge in [0, 0.05) is 19.5 Å². The summed E-state index contributed by atoms with van der Waals surface area (Å²) in [5.74, 6) is 0.766. The monoisotopic (exact) mass is 539 g/mol. The van der Waals surface area contributed by atoms with Crippen LogP contribution in [0.15, 0.2) is 72.8 Å². The first-order chi connectivity index (χ1) is 19.2. The van der Waals surface area contributed by atoms with Crippen molar-refractivity contribution in [1.82, 2.24) is 4.90 Å². The predicted octanol–water partition coefficient (Wildman–Crippen LogP) is 7.01. The van der Waals surface area contributed by atoms with Gasteiger partial charge in [-0.05, 0) is 66.5 Å². The van der Waals surface area contributed by atoms with Gasteiger partial charge in [-0.15, -0.1) is 0 Å². The molecule has 4 rings (SSSR count). The van der Waals surface area contributed by atoms with Crippen LogP contribution < -0.4 is 10.2 Å². The highest BCUT2D eigenvalue weighted by atomic mass is 16.2. The van der Waals surface area contributed by atoms with Crippen molar-refractivity contribution in [1.29, 1.82) is 0 Å². The normalized spacial score (nSPS) is 12.6. The van der Waals surface area contributed by atoms with Crippen LogP contribution in [0.4, 0.5) is 17.1 Å². The number of aryl methyl sites for hydroxylation is 1. The molecular weight excluding hydrogens is 498 g/mol. The highest BCUT2D eigenvalue weighted by Crippen LogP contribution is 2.38. The number of nitrogens with one attached hydrogen (secondary N) is 1. The Morgan fingerprint density at radius 3 is 2.15 bits per heavy atom. The second-order valence-corrected chi connectivity index (χ2v) is 11.5. The van der Waals surface area contributed by atoms with Crippen LogP contribution in [0.25, 0.3) is 0 Å². The van der Waals surface area contributed by atoms with Crippen molar-refractivity contribution in [2.75, 3.05) is 23.3 Å². The van der Waals surface area contributed by atoms with E-state index < -0.39 is 0 Å². The number of nitrogens with zero attached hydrogens (tertiary/aromatic N) is 2. The van der Waals surface area contributed by atoms with E-state index in [2.05, 4.69) is 45.1 Å². The molecule has 1 aliphatic rings. The standard InChI is InChI=1S/C34H41N3O3/c1-24(2)21-32(38)36(23-25(3)4)20-10-9-11-26-16-18-27(19-17-26)22-33(39)37-30-14-7-5-12-28(30)34(40)35-29-13-6-8-15-31(29)37/h5-8,12-19,24-25H,9-11,20-23H2,1-4H3,(H,35,40). The summed E-state index contributed by atoms with van der Waals surface area (Å²) in [7, 11) is 0. The average Bonchev–Trinajstić information content (AvgIpc) is 3.04. The van der Waals surface area contributed by atoms with Crippen LogP contribution in [0.1, 0.15) is 68.4 Å². The highest BCUT2D eigenvalue weighted by Gasteiger charge is 2.29. The summed E-state index contributed by atoms with van der Waals surface area (Å²) in [5.41, 5.74) is 4.49. The van der Waals surface area contributed by atoms with Gasteiger partial charge in [-0.2, -0.15) is 0 Å². The number of anilines is 3. The molecule has 0 aromatic heterocycles. The molecule has 3 aromatic rings. The predicted molar refractivity (Wildman–Crippen MR) is 162 cm³/mol. The molecule has 210 valence electrons. The van der Waals surface area contributed by atoms with Crippen LogP contribution in [0.3, 0.4) is 0 Å². The number of benzene rings is 3. The average molecular weight is 540 g/mol. The molecule has 0 spiro atoms. The first-order valence-electron chi connectivity index (χ1n) is 14.4. The molecule has 0 fully saturated rings. The fourth-order valence-electron chi connectivity index (χ4n) is 5.17. The Morgan fingerprint density at radius 2 is 1.45 bits per heavy atom. The maximum absolute atomic E-state index is 13.7. The Kier molecular flexibility index (Phi) is 9.75. The highest BCUT2D eigenvalue weighted by molar-refractivity contribution is 6.17. The van der Waals surface area contributed by atoms with Gasteiger partial charge < -0.3 is 10.2 Å². The van der Waals surface area contributed by atoms with E-state index in [1.54, 1.807) is 17.0 Å². The number of amides is 3. The summed E-state index contributed by atoms with van der Waals surface area (Å²) < 4.78 is 0. The number of para-hydroxylation sites is 3. The maximum Gasteiger partial charge on any atom is 0.257 e. The summed E-state index contributed by atoms with van der Waals surface area (Å²) in [5, 5.41) is 2.93. The van der Waals surface area contributed by atoms with Crippen molar-refractivity contribution in [2.45, 2.75) is 59.8 Å². The largest absolute Gasteiger partial charge is 0.342 e. The van der Waals surface area contributed by atoms with Crippen molar-refractivity contribution < 1.29 is 14.4 Å². The van der Waals surface area contributed by atoms with Gasteiger partial charge in [0.1, 0.15) is 0 Å². The fourth-order valence-corrected chi connectivity index (χ4v) is 5.17. The number of carbonyl (C=O) groups is 3. The van der Waals surface area contributed by atoms with Crippen LogP contribution in [-0.4, -0.2) is 35.7 Å². The minimum Gasteiger partial charge on any atom is -0.342 e.